The number of rotatable bonds is 5. The molecule has 1 atom stereocenters. The molecule has 1 unspecified atom stereocenters. The molecule has 3 aromatic rings. The molecule has 0 amide bonds. The van der Waals surface area contributed by atoms with E-state index in [-0.39, 0.29) is 17.4 Å². The van der Waals surface area contributed by atoms with Gasteiger partial charge in [-0.3, -0.25) is 4.79 Å². The fourth-order valence-electron chi connectivity index (χ4n) is 6.23. The minimum Gasteiger partial charge on any atom is -0.488 e. The van der Waals surface area contributed by atoms with Gasteiger partial charge in [0.1, 0.15) is 28.4 Å². The summed E-state index contributed by atoms with van der Waals surface area (Å²) in [7, 11) is 1.75. The highest BCUT2D eigenvalue weighted by Crippen LogP contribution is 2.48. The minimum absolute atomic E-state index is 0.0415. The molecule has 0 N–H and O–H groups in total. The maximum absolute atomic E-state index is 13.2. The van der Waals surface area contributed by atoms with Crippen molar-refractivity contribution in [2.45, 2.75) is 76.5 Å². The Morgan fingerprint density at radius 1 is 1.06 bits per heavy atom. The molecule has 0 bridgehead atoms. The van der Waals surface area contributed by atoms with Gasteiger partial charge in [-0.2, -0.15) is 10.2 Å². The number of ether oxygens (including phenoxy) is 2. The second kappa shape index (κ2) is 8.07. The molecule has 36 heavy (non-hydrogen) atoms. The zero-order valence-corrected chi connectivity index (χ0v) is 21.3. The average Bonchev–Trinajstić information content (AvgIpc) is 3.27. The van der Waals surface area contributed by atoms with Crippen molar-refractivity contribution in [2.75, 3.05) is 24.6 Å². The van der Waals surface area contributed by atoms with E-state index in [1.54, 1.807) is 7.05 Å². The predicted molar refractivity (Wildman–Crippen MR) is 138 cm³/mol. The molecule has 8 nitrogen and oxygen atoms in total. The van der Waals surface area contributed by atoms with Crippen LogP contribution < -0.4 is 15.2 Å². The first-order chi connectivity index (χ1) is 17.4. The Morgan fingerprint density at radius 2 is 1.92 bits per heavy atom. The van der Waals surface area contributed by atoms with E-state index in [1.807, 2.05) is 16.8 Å². The van der Waals surface area contributed by atoms with Crippen molar-refractivity contribution in [1.82, 2.24) is 19.6 Å². The van der Waals surface area contributed by atoms with Gasteiger partial charge in [0.05, 0.1) is 5.52 Å². The standard InChI is InChI=1S/C28H35N5O3/c1-27(11-12-27)36-19-7-8-22-20(16-19)25(30-33(22)24-6-3-4-15-35-24)21-17-23(26(34)31(2)29-21)32-14-13-28(18-32)9-5-10-28/h7-8,16-17,24H,3-6,9-15,18H2,1-2H3. The van der Waals surface area contributed by atoms with Crippen LogP contribution in [-0.2, 0) is 11.8 Å². The van der Waals surface area contributed by atoms with Crippen molar-refractivity contribution in [3.05, 3.63) is 34.6 Å². The van der Waals surface area contributed by atoms with E-state index in [2.05, 4.69) is 24.0 Å². The SMILES string of the molecule is Cn1nc(-c2nn(C3CCCCO3)c3ccc(OC4(C)CC4)cc23)cc(N2CCC3(CCC3)C2)c1=O. The quantitative estimate of drug-likeness (QED) is 0.512. The van der Waals surface area contributed by atoms with Gasteiger partial charge in [0.25, 0.3) is 5.56 Å². The van der Waals surface area contributed by atoms with Crippen LogP contribution in [0, 0.1) is 5.41 Å². The molecule has 2 aromatic heterocycles. The normalized spacial score (nSPS) is 24.3. The van der Waals surface area contributed by atoms with Crippen LogP contribution in [0.3, 0.4) is 0 Å². The molecular weight excluding hydrogens is 454 g/mol. The highest BCUT2D eigenvalue weighted by atomic mass is 16.5. The second-order valence-electron chi connectivity index (χ2n) is 11.7. The van der Waals surface area contributed by atoms with Crippen molar-refractivity contribution in [1.29, 1.82) is 0 Å². The number of nitrogens with zero attached hydrogens (tertiary/aromatic N) is 5. The minimum atomic E-state index is -0.0909. The molecule has 4 fully saturated rings. The Balaban J connectivity index is 1.34. The van der Waals surface area contributed by atoms with Crippen LogP contribution in [0.5, 0.6) is 5.75 Å². The third kappa shape index (κ3) is 3.72. The van der Waals surface area contributed by atoms with Gasteiger partial charge < -0.3 is 14.4 Å². The van der Waals surface area contributed by atoms with Gasteiger partial charge in [-0.15, -0.1) is 0 Å². The highest BCUT2D eigenvalue weighted by Gasteiger charge is 2.43. The van der Waals surface area contributed by atoms with E-state index < -0.39 is 0 Å². The lowest BCUT2D eigenvalue weighted by Gasteiger charge is -2.38. The molecule has 0 radical (unpaired) electrons. The van der Waals surface area contributed by atoms with E-state index in [1.165, 1.54) is 30.4 Å². The lowest BCUT2D eigenvalue weighted by atomic mass is 9.68. The zero-order valence-electron chi connectivity index (χ0n) is 21.3. The van der Waals surface area contributed by atoms with Gasteiger partial charge in [-0.25, -0.2) is 9.36 Å². The van der Waals surface area contributed by atoms with Crippen LogP contribution in [-0.4, -0.2) is 44.9 Å². The van der Waals surface area contributed by atoms with Crippen LogP contribution >= 0.6 is 0 Å². The zero-order chi connectivity index (χ0) is 24.5. The first-order valence-corrected chi connectivity index (χ1v) is 13.6. The monoisotopic (exact) mass is 489 g/mol. The van der Waals surface area contributed by atoms with Gasteiger partial charge in [0.2, 0.25) is 0 Å². The summed E-state index contributed by atoms with van der Waals surface area (Å²) in [5.41, 5.74) is 3.55. The van der Waals surface area contributed by atoms with Gasteiger partial charge >= 0.3 is 0 Å². The fraction of sp³-hybridized carbons (Fsp3) is 0.607. The molecule has 8 heteroatoms. The van der Waals surface area contributed by atoms with Gasteiger partial charge in [-0.1, -0.05) is 6.42 Å². The Labute approximate surface area is 211 Å². The Kier molecular flexibility index (Phi) is 5.00. The smallest absolute Gasteiger partial charge is 0.290 e. The summed E-state index contributed by atoms with van der Waals surface area (Å²) in [5.74, 6) is 0.851. The molecule has 7 rings (SSSR count). The van der Waals surface area contributed by atoms with E-state index >= 15 is 0 Å². The third-order valence-corrected chi connectivity index (χ3v) is 8.90. The summed E-state index contributed by atoms with van der Waals surface area (Å²) >= 11 is 0. The number of fused-ring (bicyclic) bond motifs is 1. The van der Waals surface area contributed by atoms with Crippen molar-refractivity contribution >= 4 is 16.6 Å². The van der Waals surface area contributed by atoms with Crippen LogP contribution in [0.2, 0.25) is 0 Å². The maximum Gasteiger partial charge on any atom is 0.290 e. The molecular formula is C28H35N5O3. The lowest BCUT2D eigenvalue weighted by Crippen LogP contribution is -2.36. The van der Waals surface area contributed by atoms with Crippen molar-refractivity contribution < 1.29 is 9.47 Å². The number of anilines is 1. The van der Waals surface area contributed by atoms with E-state index in [0.29, 0.717) is 5.41 Å². The molecule has 1 aromatic carbocycles. The summed E-state index contributed by atoms with van der Waals surface area (Å²) in [5, 5.41) is 10.7. The Hall–Kier alpha value is -2.87. The highest BCUT2D eigenvalue weighted by molar-refractivity contribution is 5.93. The van der Waals surface area contributed by atoms with Gasteiger partial charge in [-0.05, 0) is 88.0 Å². The van der Waals surface area contributed by atoms with Crippen LogP contribution in [0.1, 0.15) is 70.9 Å². The summed E-state index contributed by atoms with van der Waals surface area (Å²) in [4.78, 5) is 15.5. The number of aryl methyl sites for hydroxylation is 1. The summed E-state index contributed by atoms with van der Waals surface area (Å²) in [6.07, 6.45) is 10.3. The van der Waals surface area contributed by atoms with Gasteiger partial charge in [0, 0.05) is 32.1 Å². The molecule has 4 aliphatic rings. The van der Waals surface area contributed by atoms with E-state index in [0.717, 1.165) is 85.5 Å². The molecule has 2 saturated carbocycles. The molecule has 190 valence electrons. The Bertz CT molecular complexity index is 1380. The van der Waals surface area contributed by atoms with Crippen molar-refractivity contribution in [3.63, 3.8) is 0 Å². The molecule has 2 aliphatic carbocycles. The number of aromatic nitrogens is 4. The Morgan fingerprint density at radius 3 is 2.61 bits per heavy atom. The largest absolute Gasteiger partial charge is 0.488 e. The fourth-order valence-corrected chi connectivity index (χ4v) is 6.23. The first-order valence-electron chi connectivity index (χ1n) is 13.6. The topological polar surface area (TPSA) is 74.4 Å². The predicted octanol–water partition coefficient (Wildman–Crippen LogP) is 4.81. The number of hydrogen-bond donors (Lipinski definition) is 0. The maximum atomic E-state index is 13.2. The number of hydrogen-bond acceptors (Lipinski definition) is 6. The number of benzene rings is 1. The average molecular weight is 490 g/mol. The van der Waals surface area contributed by atoms with Crippen LogP contribution in [0.4, 0.5) is 5.69 Å². The van der Waals surface area contributed by atoms with E-state index in [4.69, 9.17) is 19.7 Å². The van der Waals surface area contributed by atoms with Gasteiger partial charge in [0.15, 0.2) is 6.23 Å². The summed E-state index contributed by atoms with van der Waals surface area (Å²) in [6.45, 7) is 4.80. The van der Waals surface area contributed by atoms with Crippen LogP contribution in [0.15, 0.2) is 29.1 Å². The van der Waals surface area contributed by atoms with Crippen molar-refractivity contribution in [2.24, 2.45) is 12.5 Å². The summed E-state index contributed by atoms with van der Waals surface area (Å²) in [6, 6.07) is 8.18. The molecule has 2 saturated heterocycles. The van der Waals surface area contributed by atoms with Crippen molar-refractivity contribution in [3.8, 4) is 17.1 Å². The third-order valence-electron chi connectivity index (χ3n) is 8.90. The molecule has 2 aliphatic heterocycles. The van der Waals surface area contributed by atoms with E-state index in [9.17, 15) is 4.79 Å². The summed E-state index contributed by atoms with van der Waals surface area (Å²) < 4.78 is 15.9. The lowest BCUT2D eigenvalue weighted by molar-refractivity contribution is -0.0365. The van der Waals surface area contributed by atoms with Crippen LogP contribution in [0.25, 0.3) is 22.3 Å². The first kappa shape index (κ1) is 22.3. The second-order valence-corrected chi connectivity index (χ2v) is 11.7. The molecule has 1 spiro atoms. The molecule has 4 heterocycles.